The van der Waals surface area contributed by atoms with E-state index in [1.54, 1.807) is 6.08 Å². The smallest absolute Gasteiger partial charge is 0.353 e. The molecule has 4 nitrogen and oxygen atoms in total. The molecule has 3 unspecified atom stereocenters. The molecule has 3 atom stereocenters. The lowest BCUT2D eigenvalue weighted by molar-refractivity contribution is -0.133. The van der Waals surface area contributed by atoms with Gasteiger partial charge >= 0.3 is 5.97 Å². The van der Waals surface area contributed by atoms with Crippen molar-refractivity contribution in [1.82, 2.24) is 5.43 Å². The standard InChI is InChI=1S/C14H14N2O2.C2H6/c17-14(18)12-7-6-10-11(8-15-16-12)13(10)9-4-2-1-3-5-9;1-2/h1-5,7-8,10-11,13,16H,6H2,(H,17,18);1-2H3/b12-7+,15-8+;. The Hall–Kier alpha value is -2.10. The zero-order valence-corrected chi connectivity index (χ0v) is 11.8. The normalized spacial score (nSPS) is 30.9. The van der Waals surface area contributed by atoms with Gasteiger partial charge in [0.25, 0.3) is 0 Å². The highest BCUT2D eigenvalue weighted by Gasteiger charge is 2.49. The minimum absolute atomic E-state index is 0.170. The van der Waals surface area contributed by atoms with E-state index >= 15 is 0 Å². The molecule has 2 aliphatic rings. The molecule has 1 heterocycles. The Morgan fingerprint density at radius 1 is 1.30 bits per heavy atom. The summed E-state index contributed by atoms with van der Waals surface area (Å²) in [4.78, 5) is 10.9. The van der Waals surface area contributed by atoms with Gasteiger partial charge in [-0.05, 0) is 23.8 Å². The number of hydrogen-bond donors (Lipinski definition) is 2. The molecule has 1 aliphatic heterocycles. The average molecular weight is 272 g/mol. The van der Waals surface area contributed by atoms with E-state index in [2.05, 4.69) is 22.7 Å². The Morgan fingerprint density at radius 2 is 2.00 bits per heavy atom. The van der Waals surface area contributed by atoms with E-state index in [-0.39, 0.29) is 5.70 Å². The van der Waals surface area contributed by atoms with Crippen LogP contribution in [-0.4, -0.2) is 17.3 Å². The van der Waals surface area contributed by atoms with Crippen LogP contribution in [0, 0.1) is 11.8 Å². The first-order chi connectivity index (χ1) is 9.77. The molecule has 1 aromatic rings. The molecule has 4 heteroatoms. The topological polar surface area (TPSA) is 61.7 Å². The van der Waals surface area contributed by atoms with Gasteiger partial charge < -0.3 is 5.11 Å². The van der Waals surface area contributed by atoms with Gasteiger partial charge in [-0.1, -0.05) is 50.3 Å². The summed E-state index contributed by atoms with van der Waals surface area (Å²) < 4.78 is 0. The lowest BCUT2D eigenvalue weighted by Crippen LogP contribution is -2.16. The largest absolute Gasteiger partial charge is 0.477 e. The summed E-state index contributed by atoms with van der Waals surface area (Å²) in [7, 11) is 0. The molecule has 1 aliphatic carbocycles. The van der Waals surface area contributed by atoms with Gasteiger partial charge in [0.15, 0.2) is 0 Å². The Morgan fingerprint density at radius 3 is 2.65 bits per heavy atom. The minimum atomic E-state index is -0.956. The number of rotatable bonds is 2. The number of hydrazone groups is 1. The molecule has 1 saturated carbocycles. The van der Waals surface area contributed by atoms with Gasteiger partial charge in [-0.3, -0.25) is 5.43 Å². The molecule has 0 spiro atoms. The van der Waals surface area contributed by atoms with Crippen LogP contribution in [0.3, 0.4) is 0 Å². The van der Waals surface area contributed by atoms with Crippen LogP contribution in [0.4, 0.5) is 0 Å². The predicted octanol–water partition coefficient (Wildman–Crippen LogP) is 2.99. The molecule has 0 saturated heterocycles. The molecule has 106 valence electrons. The number of nitrogens with one attached hydrogen (secondary N) is 1. The predicted molar refractivity (Wildman–Crippen MR) is 79.5 cm³/mol. The molecular formula is C16H20N2O2. The van der Waals surface area contributed by atoms with E-state index in [4.69, 9.17) is 5.11 Å². The summed E-state index contributed by atoms with van der Waals surface area (Å²) >= 11 is 0. The van der Waals surface area contributed by atoms with E-state index in [0.29, 0.717) is 17.8 Å². The Balaban J connectivity index is 0.000000704. The molecular weight excluding hydrogens is 252 g/mol. The molecule has 1 aromatic carbocycles. The van der Waals surface area contributed by atoms with Gasteiger partial charge in [0.2, 0.25) is 0 Å². The van der Waals surface area contributed by atoms with Gasteiger partial charge in [0.1, 0.15) is 5.70 Å². The number of fused-ring (bicyclic) bond motifs is 1. The van der Waals surface area contributed by atoms with Crippen LogP contribution in [0.15, 0.2) is 47.2 Å². The van der Waals surface area contributed by atoms with Gasteiger partial charge in [-0.25, -0.2) is 4.79 Å². The zero-order chi connectivity index (χ0) is 14.5. The zero-order valence-electron chi connectivity index (χ0n) is 11.8. The van der Waals surface area contributed by atoms with Crippen molar-refractivity contribution in [3.05, 3.63) is 47.7 Å². The Kier molecular flexibility index (Phi) is 4.56. The molecule has 1 fully saturated rings. The number of hydrogen-bond acceptors (Lipinski definition) is 3. The minimum Gasteiger partial charge on any atom is -0.477 e. The van der Waals surface area contributed by atoms with E-state index in [0.717, 1.165) is 6.42 Å². The third-order valence-electron chi connectivity index (χ3n) is 3.67. The summed E-state index contributed by atoms with van der Waals surface area (Å²) in [6.07, 6.45) is 4.36. The fourth-order valence-corrected chi connectivity index (χ4v) is 2.68. The maximum atomic E-state index is 10.9. The summed E-state index contributed by atoms with van der Waals surface area (Å²) in [6, 6.07) is 10.3. The fourth-order valence-electron chi connectivity index (χ4n) is 2.68. The van der Waals surface area contributed by atoms with Crippen molar-refractivity contribution < 1.29 is 9.90 Å². The monoisotopic (exact) mass is 272 g/mol. The number of aliphatic carboxylic acids is 1. The quantitative estimate of drug-likeness (QED) is 0.870. The van der Waals surface area contributed by atoms with Gasteiger partial charge in [-0.2, -0.15) is 5.10 Å². The van der Waals surface area contributed by atoms with Crippen molar-refractivity contribution in [2.45, 2.75) is 26.2 Å². The van der Waals surface area contributed by atoms with Crippen molar-refractivity contribution in [3.63, 3.8) is 0 Å². The Bertz CT molecular complexity index is 523. The first-order valence-corrected chi connectivity index (χ1v) is 7.05. The maximum Gasteiger partial charge on any atom is 0.353 e. The van der Waals surface area contributed by atoms with Crippen molar-refractivity contribution >= 4 is 12.2 Å². The first-order valence-electron chi connectivity index (χ1n) is 7.05. The second-order valence-corrected chi connectivity index (χ2v) is 4.73. The lowest BCUT2D eigenvalue weighted by atomic mass is 10.1. The highest BCUT2D eigenvalue weighted by atomic mass is 16.4. The van der Waals surface area contributed by atoms with E-state index in [1.165, 1.54) is 5.56 Å². The van der Waals surface area contributed by atoms with Gasteiger partial charge in [0.05, 0.1) is 0 Å². The van der Waals surface area contributed by atoms with E-state index in [9.17, 15) is 4.79 Å². The molecule has 2 N–H and O–H groups in total. The second kappa shape index (κ2) is 6.37. The number of carboxylic acids is 1. The summed E-state index contributed by atoms with van der Waals surface area (Å²) in [6.45, 7) is 4.00. The molecule has 0 aromatic heterocycles. The number of carboxylic acid groups (broad SMARTS) is 1. The summed E-state index contributed by atoms with van der Waals surface area (Å²) in [5.74, 6) is 0.419. The van der Waals surface area contributed by atoms with Gasteiger partial charge in [0, 0.05) is 12.1 Å². The first kappa shape index (κ1) is 14.3. The van der Waals surface area contributed by atoms with Crippen molar-refractivity contribution in [3.8, 4) is 0 Å². The molecule has 20 heavy (non-hydrogen) atoms. The van der Waals surface area contributed by atoms with Crippen LogP contribution in [-0.2, 0) is 4.79 Å². The van der Waals surface area contributed by atoms with Crippen LogP contribution in [0.2, 0.25) is 0 Å². The Labute approximate surface area is 119 Å². The SMILES string of the molecule is CC.O=C(O)/C1=C\CC2C(/C=N/N1)C2c1ccccc1. The van der Waals surface area contributed by atoms with Crippen LogP contribution in [0.1, 0.15) is 31.7 Å². The third kappa shape index (κ3) is 2.90. The summed E-state index contributed by atoms with van der Waals surface area (Å²) in [5.41, 5.74) is 4.06. The second-order valence-electron chi connectivity index (χ2n) is 4.73. The number of carbonyl (C=O) groups is 1. The number of benzene rings is 1. The van der Waals surface area contributed by atoms with Crippen molar-refractivity contribution in [2.24, 2.45) is 16.9 Å². The molecule has 0 radical (unpaired) electrons. The van der Waals surface area contributed by atoms with E-state index in [1.807, 2.05) is 38.3 Å². The van der Waals surface area contributed by atoms with Crippen molar-refractivity contribution in [1.29, 1.82) is 0 Å². The molecule has 0 amide bonds. The van der Waals surface area contributed by atoms with Crippen LogP contribution in [0.25, 0.3) is 0 Å². The van der Waals surface area contributed by atoms with Gasteiger partial charge in [-0.15, -0.1) is 0 Å². The highest BCUT2D eigenvalue weighted by molar-refractivity contribution is 5.86. The van der Waals surface area contributed by atoms with E-state index < -0.39 is 5.97 Å². The fraction of sp³-hybridized carbons (Fsp3) is 0.375. The maximum absolute atomic E-state index is 10.9. The van der Waals surface area contributed by atoms with Crippen LogP contribution in [0.5, 0.6) is 0 Å². The van der Waals surface area contributed by atoms with Crippen LogP contribution < -0.4 is 5.43 Å². The lowest BCUT2D eigenvalue weighted by Gasteiger charge is -2.03. The molecule has 0 bridgehead atoms. The van der Waals surface area contributed by atoms with Crippen LogP contribution >= 0.6 is 0 Å². The third-order valence-corrected chi connectivity index (χ3v) is 3.67. The van der Waals surface area contributed by atoms with Crippen molar-refractivity contribution in [2.75, 3.05) is 0 Å². The molecule has 3 rings (SSSR count). The summed E-state index contributed by atoms with van der Waals surface area (Å²) in [5, 5.41) is 12.9. The number of nitrogens with zero attached hydrogens (tertiary/aromatic N) is 1. The number of allylic oxidation sites excluding steroid dienone is 1. The average Bonchev–Trinajstić information content (AvgIpc) is 3.13. The highest BCUT2D eigenvalue weighted by Crippen LogP contribution is 2.55.